The van der Waals surface area contributed by atoms with Gasteiger partial charge >= 0.3 is 0 Å². The van der Waals surface area contributed by atoms with Gasteiger partial charge < -0.3 is 10.2 Å². The number of aromatic amines is 1. The lowest BCUT2D eigenvalue weighted by Crippen LogP contribution is -2.27. The van der Waals surface area contributed by atoms with E-state index in [-0.39, 0.29) is 18.2 Å². The average Bonchev–Trinajstić information content (AvgIpc) is 3.42. The molecule has 2 amide bonds. The summed E-state index contributed by atoms with van der Waals surface area (Å²) in [4.78, 5) is 32.0. The zero-order valence-electron chi connectivity index (χ0n) is 14.5. The molecule has 1 aliphatic heterocycles. The molecule has 7 nitrogen and oxygen atoms in total. The zero-order valence-corrected chi connectivity index (χ0v) is 16.1. The lowest BCUT2D eigenvalue weighted by molar-refractivity contribution is -0.122. The van der Waals surface area contributed by atoms with Crippen LogP contribution in [0.4, 0.5) is 10.8 Å². The fraction of sp³-hybridized carbons (Fsp3) is 0.222. The van der Waals surface area contributed by atoms with Crippen molar-refractivity contribution in [3.05, 3.63) is 42.0 Å². The molecule has 0 spiro atoms. The Bertz CT molecular complexity index is 953. The minimum absolute atomic E-state index is 0.0785. The highest BCUT2D eigenvalue weighted by Crippen LogP contribution is 2.29. The van der Waals surface area contributed by atoms with E-state index >= 15 is 0 Å². The molecule has 0 aliphatic carbocycles. The van der Waals surface area contributed by atoms with Crippen LogP contribution in [0.25, 0.3) is 11.3 Å². The van der Waals surface area contributed by atoms with Crippen LogP contribution in [-0.4, -0.2) is 39.8 Å². The van der Waals surface area contributed by atoms with E-state index in [4.69, 9.17) is 0 Å². The maximum absolute atomic E-state index is 12.6. The number of carbonyl (C=O) groups is 2. The van der Waals surface area contributed by atoms with Gasteiger partial charge in [0.1, 0.15) is 0 Å². The molecule has 2 N–H and O–H groups in total. The molecule has 1 saturated heterocycles. The van der Waals surface area contributed by atoms with Gasteiger partial charge in [-0.25, -0.2) is 4.98 Å². The van der Waals surface area contributed by atoms with Crippen LogP contribution in [0, 0.1) is 5.92 Å². The molecule has 3 heterocycles. The number of hydrogen-bond donors (Lipinski definition) is 2. The van der Waals surface area contributed by atoms with Gasteiger partial charge in [-0.3, -0.25) is 14.7 Å². The lowest BCUT2D eigenvalue weighted by Gasteiger charge is -2.13. The minimum atomic E-state index is -0.402. The highest BCUT2D eigenvalue weighted by Gasteiger charge is 2.35. The first-order chi connectivity index (χ1) is 13.1. The fourth-order valence-electron chi connectivity index (χ4n) is 2.96. The van der Waals surface area contributed by atoms with E-state index < -0.39 is 5.92 Å². The monoisotopic (exact) mass is 399 g/mol. The van der Waals surface area contributed by atoms with Crippen molar-refractivity contribution in [3.8, 4) is 11.3 Å². The number of hydrogen-bond acceptors (Lipinski definition) is 6. The number of nitrogens with zero attached hydrogens (tertiary/aromatic N) is 3. The number of aromatic nitrogens is 3. The second kappa shape index (κ2) is 7.53. The van der Waals surface area contributed by atoms with Crippen molar-refractivity contribution in [1.82, 2.24) is 15.2 Å². The highest BCUT2D eigenvalue weighted by atomic mass is 32.2. The first kappa shape index (κ1) is 17.7. The summed E-state index contributed by atoms with van der Waals surface area (Å²) in [5.41, 5.74) is 2.51. The maximum Gasteiger partial charge on any atom is 0.231 e. The Morgan fingerprint density at radius 2 is 2.19 bits per heavy atom. The molecule has 9 heteroatoms. The molecule has 0 radical (unpaired) electrons. The van der Waals surface area contributed by atoms with E-state index in [0.29, 0.717) is 17.4 Å². The van der Waals surface area contributed by atoms with Crippen LogP contribution >= 0.6 is 23.1 Å². The SMILES string of the molecule is CSc1ccc(-c2csc(NC(=O)C3CC(=O)N(c4cn[nH]c4)C3)n2)cc1. The normalized spacial score (nSPS) is 16.7. The summed E-state index contributed by atoms with van der Waals surface area (Å²) in [6, 6.07) is 8.13. The topological polar surface area (TPSA) is 91.0 Å². The predicted octanol–water partition coefficient (Wildman–Crippen LogP) is 3.25. The van der Waals surface area contributed by atoms with Gasteiger partial charge in [-0.15, -0.1) is 23.1 Å². The van der Waals surface area contributed by atoms with E-state index in [9.17, 15) is 9.59 Å². The number of thiazole rings is 1. The second-order valence-corrected chi connectivity index (χ2v) is 7.86. The summed E-state index contributed by atoms with van der Waals surface area (Å²) >= 11 is 3.07. The summed E-state index contributed by atoms with van der Waals surface area (Å²) in [6.45, 7) is 0.346. The largest absolute Gasteiger partial charge is 0.309 e. The van der Waals surface area contributed by atoms with Crippen molar-refractivity contribution >= 4 is 45.7 Å². The molecule has 27 heavy (non-hydrogen) atoms. The number of amides is 2. The van der Waals surface area contributed by atoms with Crippen LogP contribution in [-0.2, 0) is 9.59 Å². The quantitative estimate of drug-likeness (QED) is 0.643. The molecule has 1 fully saturated rings. The summed E-state index contributed by atoms with van der Waals surface area (Å²) in [5, 5.41) is 11.8. The number of nitrogens with one attached hydrogen (secondary N) is 2. The van der Waals surface area contributed by atoms with Gasteiger partial charge in [0.05, 0.1) is 23.5 Å². The predicted molar refractivity (Wildman–Crippen MR) is 107 cm³/mol. The third kappa shape index (κ3) is 3.74. The highest BCUT2D eigenvalue weighted by molar-refractivity contribution is 7.98. The van der Waals surface area contributed by atoms with E-state index in [1.165, 1.54) is 16.2 Å². The Balaban J connectivity index is 1.41. The van der Waals surface area contributed by atoms with Gasteiger partial charge in [0.2, 0.25) is 11.8 Å². The molecule has 3 aromatic rings. The number of rotatable bonds is 5. The number of thioether (sulfide) groups is 1. The molecule has 4 rings (SSSR count). The lowest BCUT2D eigenvalue weighted by atomic mass is 10.1. The molecule has 0 bridgehead atoms. The number of H-pyrrole nitrogens is 1. The van der Waals surface area contributed by atoms with Gasteiger partial charge in [-0.1, -0.05) is 12.1 Å². The summed E-state index contributed by atoms with van der Waals surface area (Å²) in [5.74, 6) is -0.668. The molecule has 1 aromatic carbocycles. The number of anilines is 2. The molecule has 138 valence electrons. The Hall–Kier alpha value is -2.65. The third-order valence-corrected chi connectivity index (χ3v) is 5.91. The molecule has 1 unspecified atom stereocenters. The van der Waals surface area contributed by atoms with Gasteiger partial charge in [-0.2, -0.15) is 5.10 Å². The van der Waals surface area contributed by atoms with Crippen molar-refractivity contribution in [2.24, 2.45) is 5.92 Å². The van der Waals surface area contributed by atoms with Crippen molar-refractivity contribution in [2.45, 2.75) is 11.3 Å². The van der Waals surface area contributed by atoms with Gasteiger partial charge in [-0.05, 0) is 18.4 Å². The molecule has 2 aromatic heterocycles. The molecule has 1 aliphatic rings. The van der Waals surface area contributed by atoms with Crippen molar-refractivity contribution < 1.29 is 9.59 Å². The smallest absolute Gasteiger partial charge is 0.231 e. The van der Waals surface area contributed by atoms with Crippen LogP contribution < -0.4 is 10.2 Å². The van der Waals surface area contributed by atoms with Crippen LogP contribution in [0.2, 0.25) is 0 Å². The fourth-order valence-corrected chi connectivity index (χ4v) is 4.09. The molecular weight excluding hydrogens is 382 g/mol. The van der Waals surface area contributed by atoms with Crippen LogP contribution in [0.15, 0.2) is 46.9 Å². The Morgan fingerprint density at radius 3 is 2.89 bits per heavy atom. The van der Waals surface area contributed by atoms with Gasteiger partial charge in [0.15, 0.2) is 5.13 Å². The Morgan fingerprint density at radius 1 is 1.37 bits per heavy atom. The van der Waals surface area contributed by atoms with E-state index in [0.717, 1.165) is 11.3 Å². The van der Waals surface area contributed by atoms with Crippen molar-refractivity contribution in [2.75, 3.05) is 23.0 Å². The summed E-state index contributed by atoms with van der Waals surface area (Å²) in [7, 11) is 0. The first-order valence-corrected chi connectivity index (χ1v) is 10.4. The summed E-state index contributed by atoms with van der Waals surface area (Å²) in [6.07, 6.45) is 5.44. The first-order valence-electron chi connectivity index (χ1n) is 8.34. The van der Waals surface area contributed by atoms with E-state index in [2.05, 4.69) is 20.5 Å². The Kier molecular flexibility index (Phi) is 4.95. The third-order valence-electron chi connectivity index (χ3n) is 4.41. The number of benzene rings is 1. The molecule has 0 saturated carbocycles. The van der Waals surface area contributed by atoms with Crippen LogP contribution in [0.5, 0.6) is 0 Å². The van der Waals surface area contributed by atoms with Gasteiger partial charge in [0.25, 0.3) is 0 Å². The minimum Gasteiger partial charge on any atom is -0.309 e. The van der Waals surface area contributed by atoms with Crippen molar-refractivity contribution in [1.29, 1.82) is 0 Å². The van der Waals surface area contributed by atoms with E-state index in [1.807, 2.05) is 35.9 Å². The second-order valence-electron chi connectivity index (χ2n) is 6.12. The molecular formula is C18H17N5O2S2. The maximum atomic E-state index is 12.6. The Labute approximate surface area is 164 Å². The van der Waals surface area contributed by atoms with Crippen LogP contribution in [0.3, 0.4) is 0 Å². The average molecular weight is 400 g/mol. The standard InChI is InChI=1S/C18H17N5O2S2/c1-26-14-4-2-11(3-5-14)15-10-27-18(21-15)22-17(25)12-6-16(24)23(9-12)13-7-19-20-8-13/h2-5,7-8,10,12H,6,9H2,1H3,(H,19,20)(H,21,22,25). The van der Waals surface area contributed by atoms with Gasteiger partial charge in [0, 0.05) is 35.0 Å². The van der Waals surface area contributed by atoms with Crippen molar-refractivity contribution in [3.63, 3.8) is 0 Å². The summed E-state index contributed by atoms with van der Waals surface area (Å²) < 4.78 is 0. The molecule has 1 atom stereocenters. The van der Waals surface area contributed by atoms with E-state index in [1.54, 1.807) is 29.1 Å². The number of carbonyl (C=O) groups excluding carboxylic acids is 2. The van der Waals surface area contributed by atoms with Crippen LogP contribution in [0.1, 0.15) is 6.42 Å². The zero-order chi connectivity index (χ0) is 18.8.